The third-order valence-corrected chi connectivity index (χ3v) is 6.31. The minimum absolute atomic E-state index is 0.270. The predicted octanol–water partition coefficient (Wildman–Crippen LogP) is 3.14. The molecule has 3 N–H and O–H groups in total. The average molecular weight is 524 g/mol. The number of amides is 3. The van der Waals surface area contributed by atoms with Crippen molar-refractivity contribution >= 4 is 50.8 Å². The number of benzene rings is 2. The average Bonchev–Trinajstić information content (AvgIpc) is 2.79. The van der Waals surface area contributed by atoms with Crippen LogP contribution >= 0.6 is 27.5 Å². The van der Waals surface area contributed by atoms with Crippen molar-refractivity contribution in [2.75, 3.05) is 49.6 Å². The molecule has 10 heteroatoms. The van der Waals surface area contributed by atoms with E-state index in [0.717, 1.165) is 24.5 Å². The smallest absolute Gasteiger partial charge is 0.329 e. The summed E-state index contributed by atoms with van der Waals surface area (Å²) in [5.41, 5.74) is -1.26. The molecule has 170 valence electrons. The summed E-state index contributed by atoms with van der Waals surface area (Å²) in [6, 6.07) is 10.8. The van der Waals surface area contributed by atoms with Gasteiger partial charge in [0.1, 0.15) is 0 Å². The van der Waals surface area contributed by atoms with Gasteiger partial charge < -0.3 is 20.5 Å². The number of ether oxygens (including phenoxy) is 1. The highest BCUT2D eigenvalue weighted by Crippen LogP contribution is 2.41. The number of anilines is 2. The second kappa shape index (κ2) is 9.76. The summed E-state index contributed by atoms with van der Waals surface area (Å²) in [6.07, 6.45) is 0.709. The fourth-order valence-electron chi connectivity index (χ4n) is 3.92. The van der Waals surface area contributed by atoms with Crippen molar-refractivity contribution in [1.29, 1.82) is 0 Å². The van der Waals surface area contributed by atoms with Crippen molar-refractivity contribution in [1.82, 2.24) is 10.2 Å². The molecule has 2 aliphatic heterocycles. The maximum Gasteiger partial charge on any atom is 0.329 e. The molecule has 0 radical (unpaired) electrons. The molecule has 1 fully saturated rings. The molecule has 2 aromatic carbocycles. The molecule has 1 saturated heterocycles. The number of hydrogen-bond donors (Lipinski definition) is 3. The second-order valence-corrected chi connectivity index (χ2v) is 9.02. The van der Waals surface area contributed by atoms with Crippen molar-refractivity contribution < 1.29 is 19.4 Å². The Morgan fingerprint density at radius 2 is 1.94 bits per heavy atom. The van der Waals surface area contributed by atoms with Gasteiger partial charge in [0.2, 0.25) is 0 Å². The monoisotopic (exact) mass is 522 g/mol. The first-order valence-electron chi connectivity index (χ1n) is 10.4. The maximum absolute atomic E-state index is 13.4. The van der Waals surface area contributed by atoms with Crippen LogP contribution < -0.4 is 15.5 Å². The van der Waals surface area contributed by atoms with E-state index in [9.17, 15) is 14.7 Å². The van der Waals surface area contributed by atoms with Crippen molar-refractivity contribution in [3.63, 3.8) is 0 Å². The van der Waals surface area contributed by atoms with E-state index in [1.54, 1.807) is 42.5 Å². The van der Waals surface area contributed by atoms with Crippen LogP contribution in [0.15, 0.2) is 46.9 Å². The number of fused-ring (bicyclic) bond motifs is 1. The van der Waals surface area contributed by atoms with Gasteiger partial charge >= 0.3 is 6.03 Å². The van der Waals surface area contributed by atoms with Crippen LogP contribution in [-0.2, 0) is 15.3 Å². The Morgan fingerprint density at radius 3 is 2.66 bits per heavy atom. The molecule has 4 rings (SSSR count). The van der Waals surface area contributed by atoms with E-state index < -0.39 is 17.7 Å². The zero-order valence-electron chi connectivity index (χ0n) is 17.3. The lowest BCUT2D eigenvalue weighted by atomic mass is 9.94. The number of aliphatic hydroxyl groups is 1. The van der Waals surface area contributed by atoms with Crippen molar-refractivity contribution in [3.05, 3.63) is 57.5 Å². The van der Waals surface area contributed by atoms with E-state index in [2.05, 4.69) is 31.5 Å². The summed E-state index contributed by atoms with van der Waals surface area (Å²) >= 11 is 9.38. The standard InChI is InChI=1S/C22H24BrClN4O4/c23-15-2-7-19-18(14-15)22(31,20(29)25-8-1-9-27-10-12-32-13-11-27)28(21(30)26-19)17-5-3-16(24)4-6-17/h2-7,14,31H,1,8-13H2,(H,25,29)(H,26,30)/t22-/m1/s1. The van der Waals surface area contributed by atoms with Crippen LogP contribution in [0.25, 0.3) is 0 Å². The van der Waals surface area contributed by atoms with Gasteiger partial charge in [-0.2, -0.15) is 0 Å². The van der Waals surface area contributed by atoms with Gasteiger partial charge in [0, 0.05) is 40.4 Å². The van der Waals surface area contributed by atoms with Crippen LogP contribution in [0.1, 0.15) is 12.0 Å². The minimum Gasteiger partial charge on any atom is -0.379 e. The molecule has 3 amide bonds. The molecular weight excluding hydrogens is 500 g/mol. The lowest BCUT2D eigenvalue weighted by Crippen LogP contribution is -2.62. The van der Waals surface area contributed by atoms with E-state index >= 15 is 0 Å². The summed E-state index contributed by atoms with van der Waals surface area (Å²) in [5.74, 6) is -0.677. The number of hydrogen-bond acceptors (Lipinski definition) is 5. The highest BCUT2D eigenvalue weighted by atomic mass is 79.9. The summed E-state index contributed by atoms with van der Waals surface area (Å²) in [4.78, 5) is 29.7. The minimum atomic E-state index is -2.24. The quantitative estimate of drug-likeness (QED) is 0.506. The number of carbonyl (C=O) groups is 2. The van der Waals surface area contributed by atoms with Crippen LogP contribution in [0.2, 0.25) is 5.02 Å². The van der Waals surface area contributed by atoms with E-state index in [0.29, 0.717) is 47.0 Å². The first-order valence-corrected chi connectivity index (χ1v) is 11.5. The highest BCUT2D eigenvalue weighted by molar-refractivity contribution is 9.10. The van der Waals surface area contributed by atoms with E-state index in [1.807, 2.05) is 0 Å². The molecule has 0 spiro atoms. The molecule has 32 heavy (non-hydrogen) atoms. The molecular formula is C22H24BrClN4O4. The third kappa shape index (κ3) is 4.62. The van der Waals surface area contributed by atoms with Gasteiger partial charge in [0.15, 0.2) is 0 Å². The van der Waals surface area contributed by atoms with Crippen LogP contribution in [0.4, 0.5) is 16.2 Å². The van der Waals surface area contributed by atoms with Crippen molar-refractivity contribution in [2.45, 2.75) is 12.1 Å². The first kappa shape index (κ1) is 23.0. The first-order chi connectivity index (χ1) is 15.4. The maximum atomic E-state index is 13.4. The molecule has 0 aliphatic carbocycles. The van der Waals surface area contributed by atoms with Gasteiger partial charge in [-0.05, 0) is 55.4 Å². The van der Waals surface area contributed by atoms with Gasteiger partial charge in [-0.15, -0.1) is 0 Å². The number of carbonyl (C=O) groups excluding carboxylic acids is 2. The van der Waals surface area contributed by atoms with Gasteiger partial charge in [0.25, 0.3) is 11.6 Å². The topological polar surface area (TPSA) is 94.1 Å². The zero-order chi connectivity index (χ0) is 22.7. The number of urea groups is 1. The summed E-state index contributed by atoms with van der Waals surface area (Å²) in [6.45, 7) is 4.32. The molecule has 2 aliphatic rings. The van der Waals surface area contributed by atoms with E-state index in [-0.39, 0.29) is 5.56 Å². The normalized spacial score (nSPS) is 21.1. The Bertz CT molecular complexity index is 1000. The zero-order valence-corrected chi connectivity index (χ0v) is 19.7. The predicted molar refractivity (Wildman–Crippen MR) is 126 cm³/mol. The van der Waals surface area contributed by atoms with Gasteiger partial charge in [-0.25, -0.2) is 4.79 Å². The molecule has 2 aromatic rings. The number of rotatable bonds is 6. The van der Waals surface area contributed by atoms with Crippen LogP contribution in [0, 0.1) is 0 Å². The second-order valence-electron chi connectivity index (χ2n) is 7.67. The fraction of sp³-hybridized carbons (Fsp3) is 0.364. The van der Waals surface area contributed by atoms with Crippen LogP contribution in [-0.4, -0.2) is 61.3 Å². The Hall–Kier alpha value is -2.17. The number of morpholine rings is 1. The van der Waals surface area contributed by atoms with Gasteiger partial charge in [-0.3, -0.25) is 14.6 Å². The number of nitrogens with one attached hydrogen (secondary N) is 2. The summed E-state index contributed by atoms with van der Waals surface area (Å²) < 4.78 is 6.02. The lowest BCUT2D eigenvalue weighted by molar-refractivity contribution is -0.140. The Kier molecular flexibility index (Phi) is 7.02. The molecule has 1 atom stereocenters. The van der Waals surface area contributed by atoms with Crippen molar-refractivity contribution in [3.8, 4) is 0 Å². The summed E-state index contributed by atoms with van der Waals surface area (Å²) in [5, 5.41) is 17.8. The molecule has 2 heterocycles. The molecule has 0 unspecified atom stereocenters. The largest absolute Gasteiger partial charge is 0.379 e. The molecule has 8 nitrogen and oxygen atoms in total. The molecule has 0 saturated carbocycles. The van der Waals surface area contributed by atoms with E-state index in [4.69, 9.17) is 16.3 Å². The van der Waals surface area contributed by atoms with Crippen LogP contribution in [0.5, 0.6) is 0 Å². The number of halogens is 2. The van der Waals surface area contributed by atoms with Crippen LogP contribution in [0.3, 0.4) is 0 Å². The lowest BCUT2D eigenvalue weighted by Gasteiger charge is -2.42. The van der Waals surface area contributed by atoms with E-state index in [1.165, 1.54) is 0 Å². The third-order valence-electron chi connectivity index (χ3n) is 5.57. The summed E-state index contributed by atoms with van der Waals surface area (Å²) in [7, 11) is 0. The molecule has 0 bridgehead atoms. The molecule has 0 aromatic heterocycles. The van der Waals surface area contributed by atoms with Gasteiger partial charge in [0.05, 0.1) is 18.9 Å². The highest BCUT2D eigenvalue weighted by Gasteiger charge is 2.52. The Labute approximate surface area is 199 Å². The fourth-order valence-corrected chi connectivity index (χ4v) is 4.41. The SMILES string of the molecule is O=C1Nc2ccc(Br)cc2[C@@](O)(C(=O)NCCCN2CCOCC2)N1c1ccc(Cl)cc1. The number of nitrogens with zero attached hydrogens (tertiary/aromatic N) is 2. The Balaban J connectivity index is 1.59. The van der Waals surface area contributed by atoms with Crippen molar-refractivity contribution in [2.24, 2.45) is 0 Å². The van der Waals surface area contributed by atoms with Gasteiger partial charge in [-0.1, -0.05) is 27.5 Å². The Morgan fingerprint density at radius 1 is 1.22 bits per heavy atom.